The lowest BCUT2D eigenvalue weighted by atomic mass is 9.83. The highest BCUT2D eigenvalue weighted by Gasteiger charge is 2.28. The lowest BCUT2D eigenvalue weighted by molar-refractivity contribution is 0.380. The molecule has 0 amide bonds. The van der Waals surface area contributed by atoms with Crippen molar-refractivity contribution in [2.45, 2.75) is 24.9 Å². The highest BCUT2D eigenvalue weighted by molar-refractivity contribution is 6.30. The fraction of sp³-hybridized carbons (Fsp3) is 0.250. The van der Waals surface area contributed by atoms with Gasteiger partial charge in [-0.1, -0.05) is 54.1 Å². The molecule has 2 rings (SSSR count). The van der Waals surface area contributed by atoms with Gasteiger partial charge in [0.05, 0.1) is 0 Å². The number of hydrogen-bond donors (Lipinski definition) is 2. The molecule has 0 aliphatic carbocycles. The Morgan fingerprint density at radius 3 is 2.21 bits per heavy atom. The molecule has 2 unspecified atom stereocenters. The van der Waals surface area contributed by atoms with Crippen LogP contribution in [-0.2, 0) is 6.42 Å². The Morgan fingerprint density at radius 2 is 1.63 bits per heavy atom. The van der Waals surface area contributed by atoms with Gasteiger partial charge in [0.2, 0.25) is 0 Å². The van der Waals surface area contributed by atoms with Crippen LogP contribution in [0.15, 0.2) is 54.6 Å². The van der Waals surface area contributed by atoms with Crippen LogP contribution >= 0.6 is 11.6 Å². The Labute approximate surface area is 119 Å². The Bertz CT molecular complexity index is 520. The molecule has 0 radical (unpaired) electrons. The highest BCUT2D eigenvalue weighted by Crippen LogP contribution is 2.26. The van der Waals surface area contributed by atoms with Crippen LogP contribution in [0.3, 0.4) is 0 Å². The van der Waals surface area contributed by atoms with Crippen molar-refractivity contribution >= 4 is 11.6 Å². The van der Waals surface area contributed by atoms with E-state index in [0.717, 1.165) is 12.0 Å². The average molecular weight is 275 g/mol. The summed E-state index contributed by atoms with van der Waals surface area (Å²) in [4.78, 5) is 0. The minimum absolute atomic E-state index is 0.232. The zero-order valence-electron chi connectivity index (χ0n) is 11.0. The molecule has 0 saturated carbocycles. The first-order chi connectivity index (χ1) is 8.99. The van der Waals surface area contributed by atoms with E-state index in [1.54, 1.807) is 0 Å². The number of benzene rings is 2. The van der Waals surface area contributed by atoms with Gasteiger partial charge in [-0.25, -0.2) is 0 Å². The lowest BCUT2D eigenvalue weighted by Gasteiger charge is -2.32. The third-order valence-corrected chi connectivity index (χ3v) is 3.62. The van der Waals surface area contributed by atoms with Gasteiger partial charge in [0, 0.05) is 16.6 Å². The van der Waals surface area contributed by atoms with Gasteiger partial charge in [-0.2, -0.15) is 0 Å². The minimum Gasteiger partial charge on any atom is -0.323 e. The standard InChI is InChI=1S/C16H19ClN2/c1-16(19,11-12-5-3-2-4-6-12)15(18)13-7-9-14(17)10-8-13/h2-10,15H,11,18-19H2,1H3. The largest absolute Gasteiger partial charge is 0.323 e. The predicted molar refractivity (Wildman–Crippen MR) is 81.1 cm³/mol. The summed E-state index contributed by atoms with van der Waals surface area (Å²) in [6, 6.07) is 17.5. The second-order valence-electron chi connectivity index (χ2n) is 5.20. The molecule has 4 N–H and O–H groups in total. The van der Waals surface area contributed by atoms with Crippen molar-refractivity contribution in [1.29, 1.82) is 0 Å². The molecule has 19 heavy (non-hydrogen) atoms. The molecule has 3 heteroatoms. The predicted octanol–water partition coefficient (Wildman–Crippen LogP) is 3.30. The normalized spacial score (nSPS) is 15.8. The van der Waals surface area contributed by atoms with Crippen LogP contribution < -0.4 is 11.5 Å². The molecule has 0 aliphatic rings. The van der Waals surface area contributed by atoms with Crippen molar-refractivity contribution in [3.05, 3.63) is 70.7 Å². The van der Waals surface area contributed by atoms with E-state index in [0.29, 0.717) is 5.02 Å². The molecule has 0 spiro atoms. The Balaban J connectivity index is 2.16. The zero-order chi connectivity index (χ0) is 13.9. The van der Waals surface area contributed by atoms with Crippen LogP contribution in [0.2, 0.25) is 5.02 Å². The van der Waals surface area contributed by atoms with Gasteiger partial charge in [0.1, 0.15) is 0 Å². The molecule has 0 heterocycles. The van der Waals surface area contributed by atoms with Crippen LogP contribution in [0.4, 0.5) is 0 Å². The SMILES string of the molecule is CC(N)(Cc1ccccc1)C(N)c1ccc(Cl)cc1. The van der Waals surface area contributed by atoms with E-state index in [1.165, 1.54) is 5.56 Å². The van der Waals surface area contributed by atoms with Gasteiger partial charge < -0.3 is 11.5 Å². The first-order valence-electron chi connectivity index (χ1n) is 6.33. The van der Waals surface area contributed by atoms with Crippen molar-refractivity contribution in [2.75, 3.05) is 0 Å². The highest BCUT2D eigenvalue weighted by atomic mass is 35.5. The third-order valence-electron chi connectivity index (χ3n) is 3.37. The second kappa shape index (κ2) is 5.74. The van der Waals surface area contributed by atoms with E-state index in [-0.39, 0.29) is 6.04 Å². The second-order valence-corrected chi connectivity index (χ2v) is 5.63. The summed E-state index contributed by atoms with van der Waals surface area (Å²) in [5, 5.41) is 0.706. The summed E-state index contributed by atoms with van der Waals surface area (Å²) in [5.41, 5.74) is 14.4. The Morgan fingerprint density at radius 1 is 1.05 bits per heavy atom. The van der Waals surface area contributed by atoms with E-state index >= 15 is 0 Å². The summed E-state index contributed by atoms with van der Waals surface area (Å²) in [7, 11) is 0. The topological polar surface area (TPSA) is 52.0 Å². The minimum atomic E-state index is -0.505. The Kier molecular flexibility index (Phi) is 4.25. The lowest BCUT2D eigenvalue weighted by Crippen LogP contribution is -2.48. The van der Waals surface area contributed by atoms with E-state index in [4.69, 9.17) is 23.1 Å². The third kappa shape index (κ3) is 3.57. The van der Waals surface area contributed by atoms with Crippen molar-refractivity contribution in [1.82, 2.24) is 0 Å². The zero-order valence-corrected chi connectivity index (χ0v) is 11.8. The maximum atomic E-state index is 6.40. The maximum absolute atomic E-state index is 6.40. The molecule has 2 aromatic carbocycles. The van der Waals surface area contributed by atoms with Gasteiger partial charge in [0.25, 0.3) is 0 Å². The van der Waals surface area contributed by atoms with E-state index in [9.17, 15) is 0 Å². The molecule has 2 atom stereocenters. The van der Waals surface area contributed by atoms with Crippen molar-refractivity contribution in [3.8, 4) is 0 Å². The molecule has 100 valence electrons. The van der Waals surface area contributed by atoms with Crippen LogP contribution in [0.25, 0.3) is 0 Å². The summed E-state index contributed by atoms with van der Waals surface area (Å²) in [6.45, 7) is 1.99. The molecule has 2 aromatic rings. The van der Waals surface area contributed by atoms with Crippen LogP contribution in [0, 0.1) is 0 Å². The first kappa shape index (κ1) is 14.1. The molecular weight excluding hydrogens is 256 g/mol. The molecule has 0 aliphatic heterocycles. The molecular formula is C16H19ClN2. The van der Waals surface area contributed by atoms with Crippen molar-refractivity contribution in [3.63, 3.8) is 0 Å². The summed E-state index contributed by atoms with van der Waals surface area (Å²) >= 11 is 5.89. The summed E-state index contributed by atoms with van der Waals surface area (Å²) < 4.78 is 0. The van der Waals surface area contributed by atoms with Crippen molar-refractivity contribution in [2.24, 2.45) is 11.5 Å². The number of nitrogens with two attached hydrogens (primary N) is 2. The van der Waals surface area contributed by atoms with Gasteiger partial charge in [-0.15, -0.1) is 0 Å². The first-order valence-corrected chi connectivity index (χ1v) is 6.71. The van der Waals surface area contributed by atoms with E-state index < -0.39 is 5.54 Å². The molecule has 2 nitrogen and oxygen atoms in total. The molecule has 0 bridgehead atoms. The van der Waals surface area contributed by atoms with Crippen LogP contribution in [0.1, 0.15) is 24.1 Å². The fourth-order valence-corrected chi connectivity index (χ4v) is 2.32. The molecule has 0 fully saturated rings. The number of hydrogen-bond acceptors (Lipinski definition) is 2. The van der Waals surface area contributed by atoms with Crippen molar-refractivity contribution < 1.29 is 0 Å². The Hall–Kier alpha value is -1.35. The van der Waals surface area contributed by atoms with Gasteiger partial charge in [0.15, 0.2) is 0 Å². The smallest absolute Gasteiger partial charge is 0.0478 e. The van der Waals surface area contributed by atoms with Gasteiger partial charge >= 0.3 is 0 Å². The molecule has 0 saturated heterocycles. The monoisotopic (exact) mass is 274 g/mol. The van der Waals surface area contributed by atoms with Gasteiger partial charge in [-0.05, 0) is 36.6 Å². The van der Waals surface area contributed by atoms with Gasteiger partial charge in [-0.3, -0.25) is 0 Å². The summed E-state index contributed by atoms with van der Waals surface area (Å²) in [6.07, 6.45) is 0.734. The van der Waals surface area contributed by atoms with Crippen LogP contribution in [-0.4, -0.2) is 5.54 Å². The average Bonchev–Trinajstić information content (AvgIpc) is 2.39. The fourth-order valence-electron chi connectivity index (χ4n) is 2.20. The van der Waals surface area contributed by atoms with E-state index in [1.807, 2.05) is 49.4 Å². The number of halogens is 1. The van der Waals surface area contributed by atoms with E-state index in [2.05, 4.69) is 12.1 Å². The molecule has 0 aromatic heterocycles. The number of rotatable bonds is 4. The quantitative estimate of drug-likeness (QED) is 0.899. The summed E-state index contributed by atoms with van der Waals surface area (Å²) in [5.74, 6) is 0. The van der Waals surface area contributed by atoms with Crippen LogP contribution in [0.5, 0.6) is 0 Å². The maximum Gasteiger partial charge on any atom is 0.0478 e.